The standard InChI is InChI=1S/C6H11N3O2S/c7-4(1-5(8)11)3(2-10)6(9)12/h3,7,10H,1-2H2,(H2,8,11)(H2,9,12). The highest BCUT2D eigenvalue weighted by atomic mass is 32.1. The summed E-state index contributed by atoms with van der Waals surface area (Å²) >= 11 is 4.57. The lowest BCUT2D eigenvalue weighted by atomic mass is 10.0. The van der Waals surface area contributed by atoms with Gasteiger partial charge in [-0.15, -0.1) is 0 Å². The summed E-state index contributed by atoms with van der Waals surface area (Å²) in [5.41, 5.74) is 10.00. The second-order valence-corrected chi connectivity index (χ2v) is 2.78. The van der Waals surface area contributed by atoms with Crippen LogP contribution in [0, 0.1) is 11.3 Å². The Balaban J connectivity index is 4.22. The molecule has 0 saturated heterocycles. The van der Waals surface area contributed by atoms with Crippen LogP contribution in [-0.4, -0.2) is 28.3 Å². The van der Waals surface area contributed by atoms with Crippen LogP contribution in [0.2, 0.25) is 0 Å². The zero-order valence-electron chi connectivity index (χ0n) is 6.41. The van der Waals surface area contributed by atoms with Crippen molar-refractivity contribution in [3.63, 3.8) is 0 Å². The minimum atomic E-state index is -0.729. The number of rotatable bonds is 5. The topological polar surface area (TPSA) is 113 Å². The number of carbonyl (C=O) groups is 1. The minimum Gasteiger partial charge on any atom is -0.395 e. The zero-order chi connectivity index (χ0) is 9.72. The van der Waals surface area contributed by atoms with Crippen molar-refractivity contribution in [1.29, 1.82) is 5.41 Å². The first kappa shape index (κ1) is 11.0. The van der Waals surface area contributed by atoms with Crippen molar-refractivity contribution in [2.75, 3.05) is 6.61 Å². The number of thiocarbonyl (C=S) groups is 1. The van der Waals surface area contributed by atoms with Gasteiger partial charge in [-0.1, -0.05) is 12.2 Å². The van der Waals surface area contributed by atoms with Crippen LogP contribution in [0.4, 0.5) is 0 Å². The molecule has 6 N–H and O–H groups in total. The largest absolute Gasteiger partial charge is 0.395 e. The third-order valence-electron chi connectivity index (χ3n) is 1.31. The van der Waals surface area contributed by atoms with E-state index in [1.807, 2.05) is 0 Å². The molecule has 0 heterocycles. The predicted octanol–water partition coefficient (Wildman–Crippen LogP) is -1.22. The first-order valence-corrected chi connectivity index (χ1v) is 3.65. The van der Waals surface area contributed by atoms with E-state index in [0.717, 1.165) is 0 Å². The summed E-state index contributed by atoms with van der Waals surface area (Å²) in [6, 6.07) is 0. The molecule has 0 rings (SSSR count). The fourth-order valence-electron chi connectivity index (χ4n) is 0.683. The number of carbonyl (C=O) groups excluding carboxylic acids is 1. The molecule has 0 aromatic heterocycles. The Morgan fingerprint density at radius 3 is 2.33 bits per heavy atom. The van der Waals surface area contributed by atoms with E-state index in [2.05, 4.69) is 12.2 Å². The molecule has 68 valence electrons. The van der Waals surface area contributed by atoms with Crippen molar-refractivity contribution < 1.29 is 9.90 Å². The Hall–Kier alpha value is -1.01. The number of primary amides is 1. The number of nitrogens with one attached hydrogen (secondary N) is 1. The Kier molecular flexibility index (Phi) is 4.38. The van der Waals surface area contributed by atoms with Crippen LogP contribution in [0.3, 0.4) is 0 Å². The second-order valence-electron chi connectivity index (χ2n) is 2.31. The SMILES string of the molecule is N=C(CC(N)=O)C(CO)C(N)=S. The molecule has 0 aromatic rings. The molecule has 5 nitrogen and oxygen atoms in total. The average molecular weight is 189 g/mol. The second kappa shape index (κ2) is 4.78. The van der Waals surface area contributed by atoms with Crippen LogP contribution in [0.1, 0.15) is 6.42 Å². The van der Waals surface area contributed by atoms with Gasteiger partial charge in [0.2, 0.25) is 5.91 Å². The Bertz CT molecular complexity index is 217. The molecule has 0 spiro atoms. The fourth-order valence-corrected chi connectivity index (χ4v) is 0.900. The van der Waals surface area contributed by atoms with Crippen LogP contribution >= 0.6 is 12.2 Å². The summed E-state index contributed by atoms with van der Waals surface area (Å²) in [6.07, 6.45) is -0.220. The Morgan fingerprint density at radius 2 is 2.08 bits per heavy atom. The van der Waals surface area contributed by atoms with Gasteiger partial charge in [-0.05, 0) is 0 Å². The van der Waals surface area contributed by atoms with Gasteiger partial charge >= 0.3 is 0 Å². The molecule has 1 unspecified atom stereocenters. The monoisotopic (exact) mass is 189 g/mol. The van der Waals surface area contributed by atoms with Gasteiger partial charge in [0, 0.05) is 5.71 Å². The maximum atomic E-state index is 10.4. The first-order chi connectivity index (χ1) is 5.49. The predicted molar refractivity (Wildman–Crippen MR) is 48.9 cm³/mol. The number of nitrogens with two attached hydrogens (primary N) is 2. The van der Waals surface area contributed by atoms with E-state index in [-0.39, 0.29) is 23.7 Å². The number of hydrogen-bond acceptors (Lipinski definition) is 4. The zero-order valence-corrected chi connectivity index (χ0v) is 7.23. The van der Waals surface area contributed by atoms with Crippen molar-refractivity contribution in [1.82, 2.24) is 0 Å². The van der Waals surface area contributed by atoms with Crippen molar-refractivity contribution >= 4 is 28.8 Å². The van der Waals surface area contributed by atoms with Gasteiger partial charge in [0.15, 0.2) is 0 Å². The van der Waals surface area contributed by atoms with Crippen LogP contribution in [0.5, 0.6) is 0 Å². The summed E-state index contributed by atoms with van der Waals surface area (Å²) in [7, 11) is 0. The number of hydrogen-bond donors (Lipinski definition) is 4. The highest BCUT2D eigenvalue weighted by molar-refractivity contribution is 7.80. The third-order valence-corrected chi connectivity index (χ3v) is 1.60. The molecular weight excluding hydrogens is 178 g/mol. The maximum absolute atomic E-state index is 10.4. The van der Waals surface area contributed by atoms with Gasteiger partial charge in [-0.25, -0.2) is 0 Å². The quantitative estimate of drug-likeness (QED) is 0.320. The van der Waals surface area contributed by atoms with Gasteiger partial charge in [-0.3, -0.25) is 4.79 Å². The first-order valence-electron chi connectivity index (χ1n) is 3.24. The van der Waals surface area contributed by atoms with E-state index in [9.17, 15) is 4.79 Å². The summed E-state index contributed by atoms with van der Waals surface area (Å²) in [4.78, 5) is 10.4. The maximum Gasteiger partial charge on any atom is 0.223 e. The van der Waals surface area contributed by atoms with Crippen LogP contribution in [0.15, 0.2) is 0 Å². The summed E-state index contributed by atoms with van der Waals surface area (Å²) in [6.45, 7) is -0.360. The van der Waals surface area contributed by atoms with Gasteiger partial charge in [0.25, 0.3) is 0 Å². The molecule has 0 radical (unpaired) electrons. The van der Waals surface area contributed by atoms with Crippen molar-refractivity contribution in [2.45, 2.75) is 6.42 Å². The molecule has 12 heavy (non-hydrogen) atoms. The molecule has 6 heteroatoms. The average Bonchev–Trinajstić information content (AvgIpc) is 1.85. The van der Waals surface area contributed by atoms with Gasteiger partial charge < -0.3 is 22.0 Å². The highest BCUT2D eigenvalue weighted by Crippen LogP contribution is 2.01. The summed E-state index contributed by atoms with van der Waals surface area (Å²) < 4.78 is 0. The Morgan fingerprint density at radius 1 is 1.58 bits per heavy atom. The minimum absolute atomic E-state index is 0.00347. The fraction of sp³-hybridized carbons (Fsp3) is 0.500. The van der Waals surface area contributed by atoms with E-state index in [0.29, 0.717) is 0 Å². The van der Waals surface area contributed by atoms with Crippen LogP contribution in [-0.2, 0) is 4.79 Å². The van der Waals surface area contributed by atoms with Gasteiger partial charge in [0.05, 0.1) is 23.9 Å². The molecule has 0 fully saturated rings. The van der Waals surface area contributed by atoms with E-state index < -0.39 is 11.8 Å². The van der Waals surface area contributed by atoms with E-state index in [4.69, 9.17) is 22.0 Å². The molecule has 0 saturated carbocycles. The van der Waals surface area contributed by atoms with Gasteiger partial charge in [-0.2, -0.15) is 0 Å². The van der Waals surface area contributed by atoms with Crippen LogP contribution < -0.4 is 11.5 Å². The molecule has 0 aliphatic heterocycles. The number of aliphatic hydroxyl groups is 1. The molecule has 1 amide bonds. The molecular formula is C6H11N3O2S. The highest BCUT2D eigenvalue weighted by Gasteiger charge is 2.17. The van der Waals surface area contributed by atoms with Crippen molar-refractivity contribution in [3.05, 3.63) is 0 Å². The van der Waals surface area contributed by atoms with Crippen LogP contribution in [0.25, 0.3) is 0 Å². The number of amides is 1. The lowest BCUT2D eigenvalue weighted by Gasteiger charge is -2.11. The van der Waals surface area contributed by atoms with Crippen molar-refractivity contribution in [2.24, 2.45) is 17.4 Å². The number of aliphatic hydroxyl groups excluding tert-OH is 1. The smallest absolute Gasteiger partial charge is 0.223 e. The van der Waals surface area contributed by atoms with Crippen molar-refractivity contribution in [3.8, 4) is 0 Å². The lowest BCUT2D eigenvalue weighted by molar-refractivity contribution is -0.116. The molecule has 0 aliphatic carbocycles. The molecule has 0 aromatic carbocycles. The Labute approximate surface area is 75.2 Å². The molecule has 1 atom stereocenters. The van der Waals surface area contributed by atoms with E-state index in [1.54, 1.807) is 0 Å². The molecule has 0 bridgehead atoms. The van der Waals surface area contributed by atoms with E-state index >= 15 is 0 Å². The third kappa shape index (κ3) is 3.40. The molecule has 0 aliphatic rings. The van der Waals surface area contributed by atoms with E-state index in [1.165, 1.54) is 0 Å². The summed E-state index contributed by atoms with van der Waals surface area (Å²) in [5, 5.41) is 16.0. The lowest BCUT2D eigenvalue weighted by Crippen LogP contribution is -2.33. The summed E-state index contributed by atoms with van der Waals surface area (Å²) in [5.74, 6) is -1.36. The van der Waals surface area contributed by atoms with Gasteiger partial charge in [0.1, 0.15) is 0 Å². The normalized spacial score (nSPS) is 12.1.